The Morgan fingerprint density at radius 3 is 2.87 bits per heavy atom. The van der Waals surface area contributed by atoms with Crippen LogP contribution in [-0.2, 0) is 6.42 Å². The van der Waals surface area contributed by atoms with Crippen molar-refractivity contribution in [1.29, 1.82) is 0 Å². The highest BCUT2D eigenvalue weighted by atomic mass is 35.5. The van der Waals surface area contributed by atoms with Gasteiger partial charge in [-0.1, -0.05) is 11.3 Å². The monoisotopic (exact) mass is 243 g/mol. The minimum absolute atomic E-state index is 0.357. The van der Waals surface area contributed by atoms with Crippen molar-refractivity contribution in [2.24, 2.45) is 0 Å². The van der Waals surface area contributed by atoms with E-state index in [2.05, 4.69) is 15.2 Å². The molecule has 15 heavy (non-hydrogen) atoms. The highest BCUT2D eigenvalue weighted by molar-refractivity contribution is 7.14. The summed E-state index contributed by atoms with van der Waals surface area (Å²) < 4.78 is 12.6. The maximum Gasteiger partial charge on any atom is 0.166 e. The number of alkyl halides is 1. The molecule has 0 unspecified atom stereocenters. The Kier molecular flexibility index (Phi) is 3.23. The number of hydrogen-bond acceptors (Lipinski definition) is 4. The smallest absolute Gasteiger partial charge is 0.166 e. The molecule has 0 amide bonds. The average molecular weight is 244 g/mol. The highest BCUT2D eigenvalue weighted by Crippen LogP contribution is 2.21. The van der Waals surface area contributed by atoms with Gasteiger partial charge < -0.3 is 0 Å². The number of aryl methyl sites for hydroxylation is 1. The first kappa shape index (κ1) is 10.4. The van der Waals surface area contributed by atoms with Gasteiger partial charge in [0.05, 0.1) is 6.20 Å². The highest BCUT2D eigenvalue weighted by Gasteiger charge is 2.07. The molecule has 2 rings (SSSR count). The van der Waals surface area contributed by atoms with E-state index in [9.17, 15) is 4.39 Å². The largest absolute Gasteiger partial charge is 0.251 e. The van der Waals surface area contributed by atoms with E-state index in [0.717, 1.165) is 11.2 Å². The fourth-order valence-electron chi connectivity index (χ4n) is 1.04. The lowest BCUT2D eigenvalue weighted by Gasteiger charge is -1.92. The second-order valence-corrected chi connectivity index (χ2v) is 4.24. The number of halogens is 2. The molecule has 0 bridgehead atoms. The first-order chi connectivity index (χ1) is 7.29. The van der Waals surface area contributed by atoms with E-state index in [4.69, 9.17) is 11.6 Å². The summed E-state index contributed by atoms with van der Waals surface area (Å²) in [5, 5.41) is 9.47. The van der Waals surface area contributed by atoms with Gasteiger partial charge in [0, 0.05) is 12.3 Å². The van der Waals surface area contributed by atoms with Crippen LogP contribution in [0.4, 0.5) is 4.39 Å². The van der Waals surface area contributed by atoms with Crippen LogP contribution >= 0.6 is 22.9 Å². The number of rotatable bonds is 3. The lowest BCUT2D eigenvalue weighted by Crippen LogP contribution is -1.84. The van der Waals surface area contributed by atoms with E-state index in [0.29, 0.717) is 23.0 Å². The molecule has 3 nitrogen and oxygen atoms in total. The second kappa shape index (κ2) is 4.63. The summed E-state index contributed by atoms with van der Waals surface area (Å²) in [4.78, 5) is 3.92. The number of hydrogen-bond donors (Lipinski definition) is 0. The molecule has 0 aliphatic carbocycles. The fourth-order valence-corrected chi connectivity index (χ4v) is 2.15. The summed E-state index contributed by atoms with van der Waals surface area (Å²) in [5.74, 6) is 0.162. The fraction of sp³-hybridized carbons (Fsp3) is 0.222. The van der Waals surface area contributed by atoms with Crippen molar-refractivity contribution in [2.45, 2.75) is 6.42 Å². The molecule has 2 aromatic heterocycles. The Balaban J connectivity index is 2.25. The van der Waals surface area contributed by atoms with Crippen molar-refractivity contribution in [3.8, 4) is 10.7 Å². The minimum Gasteiger partial charge on any atom is -0.251 e. The van der Waals surface area contributed by atoms with Gasteiger partial charge in [-0.25, -0.2) is 4.39 Å². The number of aromatic nitrogens is 3. The zero-order valence-corrected chi connectivity index (χ0v) is 9.22. The molecule has 0 aromatic carbocycles. The van der Waals surface area contributed by atoms with E-state index in [1.54, 1.807) is 6.07 Å². The molecule has 0 aliphatic heterocycles. The van der Waals surface area contributed by atoms with Gasteiger partial charge >= 0.3 is 0 Å². The van der Waals surface area contributed by atoms with Crippen LogP contribution in [0.2, 0.25) is 0 Å². The molecule has 6 heteroatoms. The third kappa shape index (κ3) is 2.49. The quantitative estimate of drug-likeness (QED) is 0.778. The Hall–Kier alpha value is -1.07. The normalized spacial score (nSPS) is 10.5. The third-order valence-corrected chi connectivity index (χ3v) is 2.92. The second-order valence-electron chi connectivity index (χ2n) is 2.80. The molecule has 2 heterocycles. The molecule has 0 radical (unpaired) electrons. The van der Waals surface area contributed by atoms with E-state index in [1.807, 2.05) is 0 Å². The summed E-state index contributed by atoms with van der Waals surface area (Å²) in [6.07, 6.45) is 1.86. The summed E-state index contributed by atoms with van der Waals surface area (Å²) >= 11 is 7.01. The Bertz CT molecular complexity index is 443. The number of nitrogens with zero attached hydrogens (tertiary/aromatic N) is 3. The van der Waals surface area contributed by atoms with Gasteiger partial charge in [-0.2, -0.15) is 0 Å². The first-order valence-corrected chi connectivity index (χ1v) is 5.65. The Morgan fingerprint density at radius 1 is 1.33 bits per heavy atom. The van der Waals surface area contributed by atoms with Crippen molar-refractivity contribution < 1.29 is 4.39 Å². The minimum atomic E-state index is -0.357. The summed E-state index contributed by atoms with van der Waals surface area (Å²) in [6.45, 7) is 0. The molecular formula is C9H7ClFN3S. The standard InChI is InChI=1S/C9H7ClFN3S/c10-4-3-8-13-14-9(15-8)7-2-1-6(11)5-12-7/h1-2,5H,3-4H2. The summed E-state index contributed by atoms with van der Waals surface area (Å²) in [7, 11) is 0. The Morgan fingerprint density at radius 2 is 2.20 bits per heavy atom. The third-order valence-electron chi connectivity index (χ3n) is 1.72. The van der Waals surface area contributed by atoms with Crippen LogP contribution in [0.25, 0.3) is 10.7 Å². The molecule has 0 fully saturated rings. The SMILES string of the molecule is Fc1ccc(-c2nnc(CCCl)s2)nc1. The van der Waals surface area contributed by atoms with Crippen LogP contribution in [0.1, 0.15) is 5.01 Å². The van der Waals surface area contributed by atoms with Gasteiger partial charge in [-0.05, 0) is 12.1 Å². The molecule has 0 spiro atoms. The van der Waals surface area contributed by atoms with Gasteiger partial charge in [-0.15, -0.1) is 21.8 Å². The zero-order valence-electron chi connectivity index (χ0n) is 7.65. The van der Waals surface area contributed by atoms with E-state index < -0.39 is 0 Å². The van der Waals surface area contributed by atoms with Gasteiger partial charge in [0.2, 0.25) is 0 Å². The maximum atomic E-state index is 12.6. The molecule has 0 aliphatic rings. The predicted molar refractivity (Wildman–Crippen MR) is 57.5 cm³/mol. The average Bonchev–Trinajstić information content (AvgIpc) is 2.68. The molecule has 0 atom stereocenters. The van der Waals surface area contributed by atoms with E-state index in [1.165, 1.54) is 17.4 Å². The van der Waals surface area contributed by atoms with Gasteiger partial charge in [0.15, 0.2) is 5.01 Å². The lowest BCUT2D eigenvalue weighted by molar-refractivity contribution is 0.622. The van der Waals surface area contributed by atoms with Crippen LogP contribution in [0, 0.1) is 5.82 Å². The van der Waals surface area contributed by atoms with Crippen LogP contribution in [0.3, 0.4) is 0 Å². The van der Waals surface area contributed by atoms with Crippen LogP contribution < -0.4 is 0 Å². The first-order valence-electron chi connectivity index (χ1n) is 4.30. The Labute approximate surface area is 95.0 Å². The van der Waals surface area contributed by atoms with E-state index >= 15 is 0 Å². The van der Waals surface area contributed by atoms with Crippen LogP contribution in [-0.4, -0.2) is 21.1 Å². The topological polar surface area (TPSA) is 38.7 Å². The van der Waals surface area contributed by atoms with Crippen LogP contribution in [0.5, 0.6) is 0 Å². The lowest BCUT2D eigenvalue weighted by atomic mass is 10.4. The molecule has 78 valence electrons. The zero-order chi connectivity index (χ0) is 10.7. The number of pyridine rings is 1. The molecular weight excluding hydrogens is 237 g/mol. The summed E-state index contributed by atoms with van der Waals surface area (Å²) in [5.41, 5.74) is 0.634. The van der Waals surface area contributed by atoms with Crippen molar-refractivity contribution in [1.82, 2.24) is 15.2 Å². The van der Waals surface area contributed by atoms with Gasteiger partial charge in [0.25, 0.3) is 0 Å². The molecule has 0 saturated heterocycles. The van der Waals surface area contributed by atoms with Crippen LogP contribution in [0.15, 0.2) is 18.3 Å². The molecule has 2 aromatic rings. The van der Waals surface area contributed by atoms with Gasteiger partial charge in [-0.3, -0.25) is 4.98 Å². The van der Waals surface area contributed by atoms with Crippen molar-refractivity contribution in [2.75, 3.05) is 5.88 Å². The molecule has 0 N–H and O–H groups in total. The maximum absolute atomic E-state index is 12.6. The van der Waals surface area contributed by atoms with Crippen molar-refractivity contribution in [3.63, 3.8) is 0 Å². The predicted octanol–water partition coefficient (Wildman–Crippen LogP) is 2.52. The van der Waals surface area contributed by atoms with Crippen molar-refractivity contribution in [3.05, 3.63) is 29.2 Å². The summed E-state index contributed by atoms with van der Waals surface area (Å²) in [6, 6.07) is 2.94. The van der Waals surface area contributed by atoms with E-state index in [-0.39, 0.29) is 5.82 Å². The van der Waals surface area contributed by atoms with Crippen molar-refractivity contribution >= 4 is 22.9 Å². The molecule has 0 saturated carbocycles. The van der Waals surface area contributed by atoms with Gasteiger partial charge in [0.1, 0.15) is 16.5 Å².